The first-order valence-corrected chi connectivity index (χ1v) is 3.75. The first-order valence-electron chi connectivity index (χ1n) is 3.75. The van der Waals surface area contributed by atoms with Crippen LogP contribution in [0, 0.1) is 5.41 Å². The third-order valence-electron chi connectivity index (χ3n) is 1.63. The lowest BCUT2D eigenvalue weighted by atomic mass is 10.2. The lowest BCUT2D eigenvalue weighted by Gasteiger charge is -2.30. The van der Waals surface area contributed by atoms with Crippen LogP contribution in [0.1, 0.15) is 13.3 Å². The molecule has 1 saturated heterocycles. The van der Waals surface area contributed by atoms with Crippen LogP contribution in [0.3, 0.4) is 0 Å². The Kier molecular flexibility index (Phi) is 2.68. The monoisotopic (exact) mass is 142 g/mol. The summed E-state index contributed by atoms with van der Waals surface area (Å²) in [7, 11) is 0. The van der Waals surface area contributed by atoms with Gasteiger partial charge in [-0.15, -0.1) is 0 Å². The molecular formula is C7H14N2O. The fraction of sp³-hybridized carbons (Fsp3) is 0.857. The van der Waals surface area contributed by atoms with E-state index in [4.69, 9.17) is 10.1 Å². The second kappa shape index (κ2) is 3.56. The number of rotatable bonds is 3. The standard InChI is InChI=1S/C7H14N2O/c1-2-10-7(8)6-9-4-3-5-9/h8H,2-6H2,1H3. The van der Waals surface area contributed by atoms with Crippen LogP contribution in [-0.2, 0) is 4.74 Å². The number of likely N-dealkylation sites (tertiary alicyclic amines) is 1. The van der Waals surface area contributed by atoms with Gasteiger partial charge in [0, 0.05) is 0 Å². The summed E-state index contributed by atoms with van der Waals surface area (Å²) in [5.74, 6) is 0.405. The van der Waals surface area contributed by atoms with Crippen LogP contribution in [0.2, 0.25) is 0 Å². The smallest absolute Gasteiger partial charge is 0.194 e. The van der Waals surface area contributed by atoms with Gasteiger partial charge in [0.2, 0.25) is 0 Å². The van der Waals surface area contributed by atoms with Gasteiger partial charge >= 0.3 is 0 Å². The fourth-order valence-corrected chi connectivity index (χ4v) is 0.963. The van der Waals surface area contributed by atoms with Crippen LogP contribution < -0.4 is 0 Å². The Morgan fingerprint density at radius 2 is 2.30 bits per heavy atom. The zero-order chi connectivity index (χ0) is 7.40. The lowest BCUT2D eigenvalue weighted by molar-refractivity contribution is 0.189. The molecule has 58 valence electrons. The second-order valence-corrected chi connectivity index (χ2v) is 2.49. The van der Waals surface area contributed by atoms with Crippen molar-refractivity contribution in [2.75, 3.05) is 26.2 Å². The zero-order valence-electron chi connectivity index (χ0n) is 6.39. The van der Waals surface area contributed by atoms with E-state index in [0.717, 1.165) is 13.1 Å². The molecule has 1 heterocycles. The van der Waals surface area contributed by atoms with E-state index in [-0.39, 0.29) is 0 Å². The molecule has 0 saturated carbocycles. The molecule has 1 N–H and O–H groups in total. The number of hydrogen-bond acceptors (Lipinski definition) is 3. The summed E-state index contributed by atoms with van der Waals surface area (Å²) in [4.78, 5) is 2.21. The summed E-state index contributed by atoms with van der Waals surface area (Å²) in [6.07, 6.45) is 1.28. The molecule has 0 unspecified atom stereocenters. The van der Waals surface area contributed by atoms with Crippen molar-refractivity contribution in [3.8, 4) is 0 Å². The minimum atomic E-state index is 0.405. The average Bonchev–Trinajstić information content (AvgIpc) is 1.80. The molecule has 10 heavy (non-hydrogen) atoms. The summed E-state index contributed by atoms with van der Waals surface area (Å²) in [6.45, 7) is 5.50. The maximum absolute atomic E-state index is 7.29. The molecule has 3 heteroatoms. The summed E-state index contributed by atoms with van der Waals surface area (Å²) in [6, 6.07) is 0. The molecule has 0 radical (unpaired) electrons. The number of nitrogens with one attached hydrogen (secondary N) is 1. The van der Waals surface area contributed by atoms with Gasteiger partial charge < -0.3 is 4.74 Å². The molecule has 1 aliphatic heterocycles. The van der Waals surface area contributed by atoms with Gasteiger partial charge in [-0.1, -0.05) is 0 Å². The van der Waals surface area contributed by atoms with Crippen molar-refractivity contribution in [2.45, 2.75) is 13.3 Å². The van der Waals surface area contributed by atoms with E-state index in [1.54, 1.807) is 0 Å². The summed E-state index contributed by atoms with van der Waals surface area (Å²) in [5, 5.41) is 7.29. The van der Waals surface area contributed by atoms with Crippen molar-refractivity contribution in [2.24, 2.45) is 0 Å². The molecule has 0 aliphatic carbocycles. The molecule has 1 rings (SSSR count). The van der Waals surface area contributed by atoms with Crippen LogP contribution >= 0.6 is 0 Å². The molecule has 0 aromatic heterocycles. The Morgan fingerprint density at radius 3 is 2.70 bits per heavy atom. The van der Waals surface area contributed by atoms with E-state index in [1.165, 1.54) is 6.42 Å². The lowest BCUT2D eigenvalue weighted by Crippen LogP contribution is -2.41. The fourth-order valence-electron chi connectivity index (χ4n) is 0.963. The first-order chi connectivity index (χ1) is 4.83. The van der Waals surface area contributed by atoms with Gasteiger partial charge in [0.15, 0.2) is 5.90 Å². The van der Waals surface area contributed by atoms with E-state index in [9.17, 15) is 0 Å². The molecule has 3 nitrogen and oxygen atoms in total. The van der Waals surface area contributed by atoms with Crippen molar-refractivity contribution < 1.29 is 4.74 Å². The summed E-state index contributed by atoms with van der Waals surface area (Å²) >= 11 is 0. The molecule has 0 amide bonds. The van der Waals surface area contributed by atoms with Crippen molar-refractivity contribution in [3.63, 3.8) is 0 Å². The second-order valence-electron chi connectivity index (χ2n) is 2.49. The highest BCUT2D eigenvalue weighted by Crippen LogP contribution is 2.04. The Hall–Kier alpha value is -0.570. The predicted octanol–water partition coefficient (Wildman–Crippen LogP) is 0.706. The van der Waals surface area contributed by atoms with Gasteiger partial charge in [-0.05, 0) is 26.4 Å². The quantitative estimate of drug-likeness (QED) is 0.465. The molecule has 0 atom stereocenters. The molecular weight excluding hydrogens is 128 g/mol. The highest BCUT2D eigenvalue weighted by Gasteiger charge is 2.15. The van der Waals surface area contributed by atoms with Crippen LogP contribution in [0.15, 0.2) is 0 Å². The number of nitrogens with zero attached hydrogens (tertiary/aromatic N) is 1. The van der Waals surface area contributed by atoms with Gasteiger partial charge in [0.25, 0.3) is 0 Å². The molecule has 0 spiro atoms. The third-order valence-corrected chi connectivity index (χ3v) is 1.63. The van der Waals surface area contributed by atoms with Crippen molar-refractivity contribution in [1.29, 1.82) is 5.41 Å². The van der Waals surface area contributed by atoms with Crippen molar-refractivity contribution >= 4 is 5.90 Å². The topological polar surface area (TPSA) is 36.3 Å². The molecule has 1 aliphatic rings. The van der Waals surface area contributed by atoms with E-state index in [2.05, 4.69) is 4.90 Å². The van der Waals surface area contributed by atoms with Gasteiger partial charge in [-0.3, -0.25) is 10.3 Å². The van der Waals surface area contributed by atoms with E-state index in [1.807, 2.05) is 6.92 Å². The highest BCUT2D eigenvalue weighted by molar-refractivity contribution is 5.74. The van der Waals surface area contributed by atoms with Gasteiger partial charge in [0.05, 0.1) is 13.2 Å². The molecule has 0 aromatic carbocycles. The molecule has 1 fully saturated rings. The maximum atomic E-state index is 7.29. The summed E-state index contributed by atoms with van der Waals surface area (Å²) in [5.41, 5.74) is 0. The normalized spacial score (nSPS) is 18.1. The Morgan fingerprint density at radius 1 is 1.60 bits per heavy atom. The minimum Gasteiger partial charge on any atom is -0.481 e. The Labute approximate surface area is 61.5 Å². The SMILES string of the molecule is CCOC(=N)CN1CCC1. The predicted molar refractivity (Wildman–Crippen MR) is 40.4 cm³/mol. The maximum Gasteiger partial charge on any atom is 0.194 e. The largest absolute Gasteiger partial charge is 0.481 e. The first kappa shape index (κ1) is 7.54. The van der Waals surface area contributed by atoms with Crippen LogP contribution in [-0.4, -0.2) is 37.0 Å². The zero-order valence-corrected chi connectivity index (χ0v) is 6.39. The Bertz CT molecular complexity index is 121. The average molecular weight is 142 g/mol. The van der Waals surface area contributed by atoms with Crippen LogP contribution in [0.25, 0.3) is 0 Å². The van der Waals surface area contributed by atoms with E-state index >= 15 is 0 Å². The molecule has 0 aromatic rings. The van der Waals surface area contributed by atoms with Gasteiger partial charge in [-0.25, -0.2) is 0 Å². The summed E-state index contributed by atoms with van der Waals surface area (Å²) < 4.78 is 4.99. The van der Waals surface area contributed by atoms with Gasteiger partial charge in [0.1, 0.15) is 0 Å². The minimum absolute atomic E-state index is 0.405. The highest BCUT2D eigenvalue weighted by atomic mass is 16.5. The molecule has 0 bridgehead atoms. The number of ether oxygens (including phenoxy) is 1. The van der Waals surface area contributed by atoms with Crippen molar-refractivity contribution in [1.82, 2.24) is 4.90 Å². The number of hydrogen-bond donors (Lipinski definition) is 1. The van der Waals surface area contributed by atoms with E-state index in [0.29, 0.717) is 19.0 Å². The van der Waals surface area contributed by atoms with Gasteiger partial charge in [-0.2, -0.15) is 0 Å². The van der Waals surface area contributed by atoms with Crippen LogP contribution in [0.5, 0.6) is 0 Å². The third kappa shape index (κ3) is 1.99. The van der Waals surface area contributed by atoms with Crippen molar-refractivity contribution in [3.05, 3.63) is 0 Å². The van der Waals surface area contributed by atoms with E-state index < -0.39 is 0 Å². The van der Waals surface area contributed by atoms with Crippen LogP contribution in [0.4, 0.5) is 0 Å². The Balaban J connectivity index is 2.05.